The molecule has 100 valence electrons. The van der Waals surface area contributed by atoms with E-state index in [4.69, 9.17) is 22.1 Å². The van der Waals surface area contributed by atoms with Crippen molar-refractivity contribution in [3.8, 4) is 5.75 Å². The molecule has 2 rings (SSSR count). The lowest BCUT2D eigenvalue weighted by atomic mass is 10.1. The van der Waals surface area contributed by atoms with Gasteiger partial charge in [0.15, 0.2) is 0 Å². The summed E-state index contributed by atoms with van der Waals surface area (Å²) >= 11 is 9.50. The summed E-state index contributed by atoms with van der Waals surface area (Å²) in [4.78, 5) is 0. The molecule has 0 aliphatic carbocycles. The molecule has 19 heavy (non-hydrogen) atoms. The van der Waals surface area contributed by atoms with Crippen LogP contribution in [0.4, 0.5) is 0 Å². The van der Waals surface area contributed by atoms with E-state index in [1.165, 1.54) is 0 Å². The van der Waals surface area contributed by atoms with E-state index in [0.717, 1.165) is 27.8 Å². The average Bonchev–Trinajstić information content (AvgIpc) is 2.40. The highest BCUT2D eigenvalue weighted by molar-refractivity contribution is 9.10. The molecule has 0 amide bonds. The van der Waals surface area contributed by atoms with Crippen molar-refractivity contribution in [2.24, 2.45) is 5.73 Å². The van der Waals surface area contributed by atoms with Crippen LogP contribution in [-0.4, -0.2) is 6.54 Å². The van der Waals surface area contributed by atoms with Gasteiger partial charge in [-0.25, -0.2) is 0 Å². The van der Waals surface area contributed by atoms with Gasteiger partial charge in [-0.2, -0.15) is 0 Å². The average molecular weight is 341 g/mol. The predicted molar refractivity (Wildman–Crippen MR) is 82.7 cm³/mol. The van der Waals surface area contributed by atoms with Gasteiger partial charge in [0.1, 0.15) is 12.4 Å². The minimum Gasteiger partial charge on any atom is -0.489 e. The molecule has 2 N–H and O–H groups in total. The lowest BCUT2D eigenvalue weighted by Crippen LogP contribution is -2.05. The predicted octanol–water partition coefficient (Wildman–Crippen LogP) is 4.18. The zero-order valence-corrected chi connectivity index (χ0v) is 12.7. The first-order valence-electron chi connectivity index (χ1n) is 6.05. The zero-order valence-electron chi connectivity index (χ0n) is 10.4. The molecule has 0 saturated carbocycles. The van der Waals surface area contributed by atoms with Crippen molar-refractivity contribution in [1.29, 1.82) is 0 Å². The van der Waals surface area contributed by atoms with Crippen LogP contribution in [0.15, 0.2) is 46.9 Å². The molecule has 4 heteroatoms. The summed E-state index contributed by atoms with van der Waals surface area (Å²) < 4.78 is 6.91. The minimum absolute atomic E-state index is 0.515. The monoisotopic (exact) mass is 339 g/mol. The molecule has 0 saturated heterocycles. The van der Waals surface area contributed by atoms with Gasteiger partial charge in [-0.1, -0.05) is 45.7 Å². The van der Waals surface area contributed by atoms with Crippen LogP contribution in [0, 0.1) is 0 Å². The number of hydrogen-bond acceptors (Lipinski definition) is 2. The minimum atomic E-state index is 0.515. The topological polar surface area (TPSA) is 35.2 Å². The van der Waals surface area contributed by atoms with Gasteiger partial charge in [0.2, 0.25) is 0 Å². The maximum Gasteiger partial charge on any atom is 0.123 e. The second-order valence-corrected chi connectivity index (χ2v) is 5.46. The molecule has 2 aromatic carbocycles. The Morgan fingerprint density at radius 2 is 1.89 bits per heavy atom. The van der Waals surface area contributed by atoms with Crippen molar-refractivity contribution in [3.05, 3.63) is 63.1 Å². The van der Waals surface area contributed by atoms with Crippen molar-refractivity contribution in [2.75, 3.05) is 6.54 Å². The molecule has 0 fully saturated rings. The highest BCUT2D eigenvalue weighted by Gasteiger charge is 2.06. The number of rotatable bonds is 5. The Bertz CT molecular complexity index is 560. The molecule has 2 nitrogen and oxygen atoms in total. The van der Waals surface area contributed by atoms with Crippen LogP contribution in [0.1, 0.15) is 11.1 Å². The fourth-order valence-corrected chi connectivity index (χ4v) is 2.40. The summed E-state index contributed by atoms with van der Waals surface area (Å²) in [6, 6.07) is 13.6. The van der Waals surface area contributed by atoms with Crippen LogP contribution in [-0.2, 0) is 13.0 Å². The van der Waals surface area contributed by atoms with Gasteiger partial charge in [0.25, 0.3) is 0 Å². The van der Waals surface area contributed by atoms with E-state index in [1.807, 2.05) is 42.5 Å². The van der Waals surface area contributed by atoms with Crippen LogP contribution in [0.3, 0.4) is 0 Å². The fraction of sp³-hybridized carbons (Fsp3) is 0.200. The molecule has 0 spiro atoms. The van der Waals surface area contributed by atoms with Crippen LogP contribution in [0.2, 0.25) is 5.02 Å². The van der Waals surface area contributed by atoms with Gasteiger partial charge in [-0.15, -0.1) is 0 Å². The summed E-state index contributed by atoms with van der Waals surface area (Å²) in [5, 5.41) is 0.705. The second-order valence-electron chi connectivity index (χ2n) is 4.17. The molecule has 0 atom stereocenters. The van der Waals surface area contributed by atoms with Crippen molar-refractivity contribution in [1.82, 2.24) is 0 Å². The normalized spacial score (nSPS) is 10.5. The lowest BCUT2D eigenvalue weighted by molar-refractivity contribution is 0.302. The van der Waals surface area contributed by atoms with Gasteiger partial charge in [-0.3, -0.25) is 0 Å². The van der Waals surface area contributed by atoms with E-state index in [-0.39, 0.29) is 0 Å². The van der Waals surface area contributed by atoms with Crippen LogP contribution >= 0.6 is 27.5 Å². The molecule has 0 unspecified atom stereocenters. The van der Waals surface area contributed by atoms with Crippen LogP contribution < -0.4 is 10.5 Å². The van der Waals surface area contributed by atoms with Gasteiger partial charge in [0, 0.05) is 15.1 Å². The van der Waals surface area contributed by atoms with Crippen molar-refractivity contribution >= 4 is 27.5 Å². The molecule has 0 heterocycles. The molecular formula is C15H15BrClNO. The molecule has 0 aromatic heterocycles. The molecule has 2 aromatic rings. The Morgan fingerprint density at radius 1 is 1.11 bits per heavy atom. The summed E-state index contributed by atoms with van der Waals surface area (Å²) in [5.74, 6) is 0.839. The van der Waals surface area contributed by atoms with Gasteiger partial charge < -0.3 is 10.5 Å². The van der Waals surface area contributed by atoms with Gasteiger partial charge >= 0.3 is 0 Å². The third-order valence-electron chi connectivity index (χ3n) is 2.78. The van der Waals surface area contributed by atoms with E-state index >= 15 is 0 Å². The smallest absolute Gasteiger partial charge is 0.123 e. The third kappa shape index (κ3) is 3.96. The molecule has 0 radical (unpaired) electrons. The van der Waals surface area contributed by atoms with Crippen LogP contribution in [0.5, 0.6) is 5.75 Å². The third-order valence-corrected chi connectivity index (χ3v) is 3.79. The van der Waals surface area contributed by atoms with Crippen molar-refractivity contribution in [2.45, 2.75) is 13.0 Å². The Labute approximate surface area is 126 Å². The molecule has 0 aliphatic heterocycles. The fourth-order valence-electron chi connectivity index (χ4n) is 1.81. The van der Waals surface area contributed by atoms with Crippen LogP contribution in [0.25, 0.3) is 0 Å². The highest BCUT2D eigenvalue weighted by atomic mass is 79.9. The maximum absolute atomic E-state index is 5.99. The molecule has 0 bridgehead atoms. The number of benzene rings is 2. The van der Waals surface area contributed by atoms with E-state index in [9.17, 15) is 0 Å². The summed E-state index contributed by atoms with van der Waals surface area (Å²) in [6.45, 7) is 1.09. The SMILES string of the molecule is NCCc1cc(Cl)ccc1OCc1ccccc1Br. The quantitative estimate of drug-likeness (QED) is 0.886. The second kappa shape index (κ2) is 6.94. The number of ether oxygens (including phenoxy) is 1. The molecule has 0 aliphatic rings. The summed E-state index contributed by atoms with van der Waals surface area (Å²) in [6.07, 6.45) is 0.756. The zero-order chi connectivity index (χ0) is 13.7. The van der Waals surface area contributed by atoms with Gasteiger partial charge in [-0.05, 0) is 42.8 Å². The van der Waals surface area contributed by atoms with Crippen molar-refractivity contribution in [3.63, 3.8) is 0 Å². The first-order valence-corrected chi connectivity index (χ1v) is 7.22. The largest absolute Gasteiger partial charge is 0.489 e. The number of hydrogen-bond donors (Lipinski definition) is 1. The standard InChI is InChI=1S/C15H15BrClNO/c16-14-4-2-1-3-12(14)10-19-15-6-5-13(17)9-11(15)7-8-18/h1-6,9H,7-8,10,18H2. The van der Waals surface area contributed by atoms with E-state index in [1.54, 1.807) is 0 Å². The maximum atomic E-state index is 5.99. The summed E-state index contributed by atoms with van der Waals surface area (Å²) in [7, 11) is 0. The number of halogens is 2. The van der Waals surface area contributed by atoms with E-state index in [0.29, 0.717) is 18.2 Å². The number of nitrogens with two attached hydrogens (primary N) is 1. The lowest BCUT2D eigenvalue weighted by Gasteiger charge is -2.12. The van der Waals surface area contributed by atoms with Crippen molar-refractivity contribution < 1.29 is 4.74 Å². The Morgan fingerprint density at radius 3 is 2.63 bits per heavy atom. The highest BCUT2D eigenvalue weighted by Crippen LogP contribution is 2.25. The Kier molecular flexibility index (Phi) is 5.25. The van der Waals surface area contributed by atoms with E-state index < -0.39 is 0 Å². The Balaban J connectivity index is 2.13. The first kappa shape index (κ1) is 14.4. The summed E-state index contributed by atoms with van der Waals surface area (Å²) in [5.41, 5.74) is 7.76. The van der Waals surface area contributed by atoms with Gasteiger partial charge in [0.05, 0.1) is 0 Å². The Hall–Kier alpha value is -1.03. The first-order chi connectivity index (χ1) is 9.20. The molecular weight excluding hydrogens is 326 g/mol. The van der Waals surface area contributed by atoms with E-state index in [2.05, 4.69) is 15.9 Å².